The Morgan fingerprint density at radius 2 is 2.18 bits per heavy atom. The molecule has 0 saturated heterocycles. The zero-order valence-corrected chi connectivity index (χ0v) is 9.73. The minimum Gasteiger partial charge on any atom is -0.497 e. The highest BCUT2D eigenvalue weighted by Crippen LogP contribution is 2.13. The molecule has 1 aromatic rings. The summed E-state index contributed by atoms with van der Waals surface area (Å²) in [5.74, 6) is 0.995. The van der Waals surface area contributed by atoms with E-state index in [4.69, 9.17) is 4.74 Å². The van der Waals surface area contributed by atoms with Gasteiger partial charge in [0.05, 0.1) is 7.11 Å². The predicted octanol–water partition coefficient (Wildman–Crippen LogP) is 1.64. The van der Waals surface area contributed by atoms with Crippen LogP contribution in [0.4, 0.5) is 0 Å². The molecular formula is C8H9BrMgO. The molecule has 1 nitrogen and oxygen atoms in total. The zero-order chi connectivity index (χ0) is 8.27. The van der Waals surface area contributed by atoms with Gasteiger partial charge in [0.25, 0.3) is 0 Å². The van der Waals surface area contributed by atoms with E-state index in [2.05, 4.69) is 25.9 Å². The Morgan fingerprint density at radius 3 is 2.73 bits per heavy atom. The SMILES string of the molecule is COc1ccc[c]([Mg][Br])c1C. The molecule has 0 unspecified atom stereocenters. The second-order valence-corrected chi connectivity index (χ2v) is 5.09. The molecule has 3 heteroatoms. The Bertz CT molecular complexity index is 228. The highest BCUT2D eigenvalue weighted by atomic mass is 79.9. The van der Waals surface area contributed by atoms with Crippen molar-refractivity contribution in [2.24, 2.45) is 0 Å². The highest BCUT2D eigenvalue weighted by Gasteiger charge is 2.03. The molecule has 0 fully saturated rings. The van der Waals surface area contributed by atoms with E-state index in [0.717, 1.165) is 5.75 Å². The van der Waals surface area contributed by atoms with Crippen LogP contribution in [0.15, 0.2) is 18.2 Å². The van der Waals surface area contributed by atoms with E-state index >= 15 is 0 Å². The summed E-state index contributed by atoms with van der Waals surface area (Å²) >= 11 is 3.32. The van der Waals surface area contributed by atoms with Gasteiger partial charge < -0.3 is 4.74 Å². The normalized spacial score (nSPS) is 9.00. The summed E-state index contributed by atoms with van der Waals surface area (Å²) in [4.78, 5) is 0. The maximum Gasteiger partial charge on any atom is 0.507 e. The van der Waals surface area contributed by atoms with E-state index in [9.17, 15) is 0 Å². The molecule has 56 valence electrons. The number of hydrogen-bond acceptors (Lipinski definition) is 1. The Balaban J connectivity index is 3.10. The van der Waals surface area contributed by atoms with Gasteiger partial charge in [-0.2, -0.15) is 0 Å². The summed E-state index contributed by atoms with van der Waals surface area (Å²) < 4.78 is 6.61. The second-order valence-electron chi connectivity index (χ2n) is 2.38. The third kappa shape index (κ3) is 2.10. The Hall–Kier alpha value is 0.266. The van der Waals surface area contributed by atoms with E-state index in [0.29, 0.717) is 0 Å². The van der Waals surface area contributed by atoms with Gasteiger partial charge >= 0.3 is 18.2 Å². The van der Waals surface area contributed by atoms with Gasteiger partial charge in [0.2, 0.25) is 0 Å². The molecule has 0 aromatic heterocycles. The average Bonchev–Trinajstić information content (AvgIpc) is 2.05. The first-order valence-corrected chi connectivity index (χ1v) is 8.08. The molecule has 0 amide bonds. The molecule has 0 aliphatic carbocycles. The lowest BCUT2D eigenvalue weighted by atomic mass is 10.2. The maximum absolute atomic E-state index is 5.19. The van der Waals surface area contributed by atoms with Crippen molar-refractivity contribution >= 4 is 34.8 Å². The predicted molar refractivity (Wildman–Crippen MR) is 52.0 cm³/mol. The average molecular weight is 225 g/mol. The van der Waals surface area contributed by atoms with Crippen LogP contribution in [0.3, 0.4) is 0 Å². The number of halogens is 1. The van der Waals surface area contributed by atoms with Crippen LogP contribution in [-0.4, -0.2) is 25.3 Å². The van der Waals surface area contributed by atoms with Gasteiger partial charge in [-0.05, 0) is 18.6 Å². The largest absolute Gasteiger partial charge is 0.507 e. The smallest absolute Gasteiger partial charge is 0.497 e. The molecule has 1 aromatic carbocycles. The third-order valence-corrected chi connectivity index (χ3v) is 4.63. The minimum absolute atomic E-state index is 0.236. The molecule has 0 bridgehead atoms. The summed E-state index contributed by atoms with van der Waals surface area (Å²) in [6.45, 7) is 2.10. The van der Waals surface area contributed by atoms with Gasteiger partial charge in [-0.1, -0.05) is 12.1 Å². The van der Waals surface area contributed by atoms with Crippen LogP contribution in [0.25, 0.3) is 0 Å². The summed E-state index contributed by atoms with van der Waals surface area (Å²) in [5, 5.41) is 0. The van der Waals surface area contributed by atoms with Crippen molar-refractivity contribution in [2.75, 3.05) is 7.11 Å². The van der Waals surface area contributed by atoms with Crippen molar-refractivity contribution < 1.29 is 4.74 Å². The topological polar surface area (TPSA) is 9.23 Å². The first-order valence-electron chi connectivity index (χ1n) is 3.48. The van der Waals surface area contributed by atoms with E-state index in [-0.39, 0.29) is 18.2 Å². The fourth-order valence-corrected chi connectivity index (χ4v) is 3.45. The molecule has 1 rings (SSSR count). The van der Waals surface area contributed by atoms with E-state index in [1.165, 1.54) is 9.26 Å². The van der Waals surface area contributed by atoms with Crippen molar-refractivity contribution in [3.8, 4) is 5.75 Å². The van der Waals surface area contributed by atoms with E-state index in [1.54, 1.807) is 7.11 Å². The first-order chi connectivity index (χ1) is 5.29. The van der Waals surface area contributed by atoms with E-state index in [1.807, 2.05) is 12.1 Å². The molecule has 0 spiro atoms. The Kier molecular flexibility index (Phi) is 3.68. The molecule has 11 heavy (non-hydrogen) atoms. The van der Waals surface area contributed by atoms with Crippen LogP contribution in [0.2, 0.25) is 0 Å². The summed E-state index contributed by atoms with van der Waals surface area (Å²) in [5.41, 5.74) is 1.28. The lowest BCUT2D eigenvalue weighted by Gasteiger charge is -2.07. The number of ether oxygens (including phenoxy) is 1. The standard InChI is InChI=1S/C8H9O.BrH.Mg/c1-7-5-3-4-6-8(7)9-2;;/h3-4,6H,1-2H3;1H;/q;;+1/p-1. The van der Waals surface area contributed by atoms with Crippen LogP contribution in [0, 0.1) is 6.92 Å². The van der Waals surface area contributed by atoms with Crippen molar-refractivity contribution in [3.63, 3.8) is 0 Å². The van der Waals surface area contributed by atoms with Gasteiger partial charge in [-0.3, -0.25) is 12.9 Å². The lowest BCUT2D eigenvalue weighted by molar-refractivity contribution is 0.412. The van der Waals surface area contributed by atoms with Gasteiger partial charge in [-0.15, -0.1) is 3.69 Å². The van der Waals surface area contributed by atoms with Gasteiger partial charge in [0, 0.05) is 0 Å². The maximum atomic E-state index is 5.19. The highest BCUT2D eigenvalue weighted by molar-refractivity contribution is 9.23. The Morgan fingerprint density at radius 1 is 1.45 bits per heavy atom. The van der Waals surface area contributed by atoms with Crippen molar-refractivity contribution in [3.05, 3.63) is 23.8 Å². The zero-order valence-electron chi connectivity index (χ0n) is 6.73. The first kappa shape index (κ1) is 9.35. The van der Waals surface area contributed by atoms with Gasteiger partial charge in [-0.25, -0.2) is 0 Å². The third-order valence-electron chi connectivity index (χ3n) is 1.76. The molecule has 0 saturated carbocycles. The van der Waals surface area contributed by atoms with Crippen LogP contribution >= 0.6 is 12.9 Å². The van der Waals surface area contributed by atoms with Crippen LogP contribution < -0.4 is 8.43 Å². The van der Waals surface area contributed by atoms with Crippen molar-refractivity contribution in [1.29, 1.82) is 0 Å². The molecule has 0 aliphatic rings. The summed E-state index contributed by atoms with van der Waals surface area (Å²) in [7, 11) is 1.71. The quantitative estimate of drug-likeness (QED) is 0.695. The van der Waals surface area contributed by atoms with Crippen molar-refractivity contribution in [2.45, 2.75) is 6.92 Å². The fraction of sp³-hybridized carbons (Fsp3) is 0.250. The summed E-state index contributed by atoms with van der Waals surface area (Å²) in [6, 6.07) is 6.18. The van der Waals surface area contributed by atoms with Gasteiger partial charge in [0.15, 0.2) is 0 Å². The molecule has 0 atom stereocenters. The molecule has 0 radical (unpaired) electrons. The molecule has 0 aliphatic heterocycles. The molecular weight excluding hydrogens is 216 g/mol. The van der Waals surface area contributed by atoms with Crippen LogP contribution in [-0.2, 0) is 0 Å². The monoisotopic (exact) mass is 224 g/mol. The molecule has 0 heterocycles. The minimum atomic E-state index is -0.236. The summed E-state index contributed by atoms with van der Waals surface area (Å²) in [6.07, 6.45) is 0. The Labute approximate surface area is 82.7 Å². The number of hydrogen-bond donors (Lipinski definition) is 0. The number of methoxy groups -OCH3 is 1. The van der Waals surface area contributed by atoms with Crippen LogP contribution in [0.1, 0.15) is 5.56 Å². The number of benzene rings is 1. The fourth-order valence-electron chi connectivity index (χ4n) is 1.03. The lowest BCUT2D eigenvalue weighted by Crippen LogP contribution is -2.12. The molecule has 0 N–H and O–H groups in total. The number of rotatable bonds is 2. The second kappa shape index (κ2) is 4.33. The van der Waals surface area contributed by atoms with Gasteiger partial charge in [0.1, 0.15) is 5.75 Å². The van der Waals surface area contributed by atoms with Crippen LogP contribution in [0.5, 0.6) is 5.75 Å². The van der Waals surface area contributed by atoms with E-state index < -0.39 is 0 Å². The van der Waals surface area contributed by atoms with Crippen molar-refractivity contribution in [1.82, 2.24) is 0 Å².